The fourth-order valence-corrected chi connectivity index (χ4v) is 5.55. The molecule has 2 saturated carbocycles. The maximum Gasteiger partial charge on any atom is 0.0233 e. The molecule has 3 aliphatic rings. The summed E-state index contributed by atoms with van der Waals surface area (Å²) in [6.45, 7) is 3.90. The van der Waals surface area contributed by atoms with Crippen LogP contribution in [0.15, 0.2) is 30.3 Å². The Hall–Kier alpha value is -0.820. The molecule has 3 fully saturated rings. The van der Waals surface area contributed by atoms with E-state index >= 15 is 0 Å². The van der Waals surface area contributed by atoms with E-state index in [1.54, 1.807) is 12.8 Å². The number of nitrogens with zero attached hydrogens (tertiary/aromatic N) is 1. The molecule has 2 unspecified atom stereocenters. The number of hydrogen-bond acceptors (Lipinski definition) is 1. The molecule has 1 saturated heterocycles. The van der Waals surface area contributed by atoms with Crippen LogP contribution in [0.2, 0.25) is 0 Å². The minimum atomic E-state index is 0.769. The summed E-state index contributed by atoms with van der Waals surface area (Å²) in [6, 6.07) is 11.0. The maximum atomic E-state index is 2.75. The third-order valence-corrected chi connectivity index (χ3v) is 6.48. The summed E-state index contributed by atoms with van der Waals surface area (Å²) in [4.78, 5) is 2.75. The summed E-state index contributed by atoms with van der Waals surface area (Å²) in [6.07, 6.45) is 10.6. The Balaban J connectivity index is 1.48. The minimum absolute atomic E-state index is 0.769. The van der Waals surface area contributed by atoms with Crippen molar-refractivity contribution in [3.05, 3.63) is 35.9 Å². The van der Waals surface area contributed by atoms with Crippen LogP contribution in [0.1, 0.15) is 50.5 Å². The molecule has 108 valence electrons. The molecule has 0 aromatic heterocycles. The van der Waals surface area contributed by atoms with E-state index in [0.717, 1.165) is 17.3 Å². The van der Waals surface area contributed by atoms with Gasteiger partial charge in [0.25, 0.3) is 0 Å². The molecule has 1 aromatic carbocycles. The number of likely N-dealkylation sites (tertiary alicyclic amines) is 1. The molecule has 1 spiro atoms. The summed E-state index contributed by atoms with van der Waals surface area (Å²) in [5, 5.41) is 0. The lowest BCUT2D eigenvalue weighted by Crippen LogP contribution is -2.49. The monoisotopic (exact) mass is 269 g/mol. The Kier molecular flexibility index (Phi) is 3.34. The standard InChI is InChI=1S/C19H27N/c1-3-7-16(8-4-1)13-20-14-17-9-10-18(15-20)19(17)11-5-2-6-12-19/h1,3-4,7-8,17-18H,2,5-6,9-15H2. The third kappa shape index (κ3) is 2.11. The smallest absolute Gasteiger partial charge is 0.0233 e. The highest BCUT2D eigenvalue weighted by atomic mass is 15.1. The quantitative estimate of drug-likeness (QED) is 0.765. The first-order valence-electron chi connectivity index (χ1n) is 8.63. The molecule has 2 atom stereocenters. The van der Waals surface area contributed by atoms with Gasteiger partial charge in [-0.05, 0) is 48.5 Å². The van der Waals surface area contributed by atoms with Crippen LogP contribution in [0.3, 0.4) is 0 Å². The number of piperidine rings is 1. The molecule has 4 rings (SSSR count). The summed E-state index contributed by atoms with van der Waals surface area (Å²) in [7, 11) is 0. The van der Waals surface area contributed by atoms with Crippen molar-refractivity contribution in [2.24, 2.45) is 17.3 Å². The zero-order chi connectivity index (χ0) is 13.4. The molecule has 0 amide bonds. The Bertz CT molecular complexity index is 430. The van der Waals surface area contributed by atoms with Crippen molar-refractivity contribution in [1.29, 1.82) is 0 Å². The van der Waals surface area contributed by atoms with Gasteiger partial charge in [0, 0.05) is 19.6 Å². The summed E-state index contributed by atoms with van der Waals surface area (Å²) in [5.74, 6) is 2.01. The fourth-order valence-electron chi connectivity index (χ4n) is 5.55. The summed E-state index contributed by atoms with van der Waals surface area (Å²) >= 11 is 0. The second kappa shape index (κ2) is 5.18. The van der Waals surface area contributed by atoms with Gasteiger partial charge in [-0.2, -0.15) is 0 Å². The zero-order valence-electron chi connectivity index (χ0n) is 12.6. The first-order chi connectivity index (χ1) is 9.87. The van der Waals surface area contributed by atoms with Crippen LogP contribution in [-0.4, -0.2) is 18.0 Å². The average Bonchev–Trinajstić information content (AvgIpc) is 2.68. The molecule has 1 aromatic rings. The van der Waals surface area contributed by atoms with E-state index in [0.29, 0.717) is 0 Å². The van der Waals surface area contributed by atoms with Gasteiger partial charge < -0.3 is 0 Å². The van der Waals surface area contributed by atoms with Crippen LogP contribution in [0.4, 0.5) is 0 Å². The van der Waals surface area contributed by atoms with Gasteiger partial charge in [0.1, 0.15) is 0 Å². The Morgan fingerprint density at radius 1 is 0.900 bits per heavy atom. The summed E-state index contributed by atoms with van der Waals surface area (Å²) in [5.41, 5.74) is 2.26. The molecular formula is C19H27N. The lowest BCUT2D eigenvalue weighted by Gasteiger charge is -2.50. The maximum absolute atomic E-state index is 2.75. The fraction of sp³-hybridized carbons (Fsp3) is 0.684. The zero-order valence-corrected chi connectivity index (χ0v) is 12.6. The lowest BCUT2D eigenvalue weighted by atomic mass is 9.61. The topological polar surface area (TPSA) is 3.24 Å². The third-order valence-electron chi connectivity index (χ3n) is 6.48. The number of benzene rings is 1. The Morgan fingerprint density at radius 3 is 2.20 bits per heavy atom. The number of rotatable bonds is 2. The molecule has 2 bridgehead atoms. The predicted molar refractivity (Wildman–Crippen MR) is 83.5 cm³/mol. The lowest BCUT2D eigenvalue weighted by molar-refractivity contribution is -0.0131. The van der Waals surface area contributed by atoms with Gasteiger partial charge in [-0.25, -0.2) is 0 Å². The molecule has 20 heavy (non-hydrogen) atoms. The van der Waals surface area contributed by atoms with Gasteiger partial charge in [0.05, 0.1) is 0 Å². The van der Waals surface area contributed by atoms with Crippen molar-refractivity contribution in [3.8, 4) is 0 Å². The molecule has 1 heterocycles. The first-order valence-corrected chi connectivity index (χ1v) is 8.63. The van der Waals surface area contributed by atoms with Crippen molar-refractivity contribution in [3.63, 3.8) is 0 Å². The van der Waals surface area contributed by atoms with E-state index in [1.807, 2.05) is 0 Å². The van der Waals surface area contributed by atoms with Crippen molar-refractivity contribution in [2.75, 3.05) is 13.1 Å². The van der Waals surface area contributed by atoms with E-state index in [-0.39, 0.29) is 0 Å². The molecule has 1 aliphatic heterocycles. The average molecular weight is 269 g/mol. The van der Waals surface area contributed by atoms with Crippen molar-refractivity contribution < 1.29 is 0 Å². The molecular weight excluding hydrogens is 242 g/mol. The largest absolute Gasteiger partial charge is 0.298 e. The van der Waals surface area contributed by atoms with Gasteiger partial charge in [0.15, 0.2) is 0 Å². The highest BCUT2D eigenvalue weighted by Crippen LogP contribution is 2.58. The Morgan fingerprint density at radius 2 is 1.55 bits per heavy atom. The second-order valence-corrected chi connectivity index (χ2v) is 7.44. The molecule has 1 nitrogen and oxygen atoms in total. The molecule has 2 aliphatic carbocycles. The van der Waals surface area contributed by atoms with Gasteiger partial charge in [-0.15, -0.1) is 0 Å². The van der Waals surface area contributed by atoms with E-state index in [9.17, 15) is 0 Å². The number of hydrogen-bond donors (Lipinski definition) is 0. The minimum Gasteiger partial charge on any atom is -0.298 e. The normalized spacial score (nSPS) is 32.6. The SMILES string of the molecule is c1ccc(CN2CC3CCC(C2)C32CCCCC2)cc1. The highest BCUT2D eigenvalue weighted by molar-refractivity contribution is 5.15. The van der Waals surface area contributed by atoms with Gasteiger partial charge in [-0.3, -0.25) is 4.90 Å². The van der Waals surface area contributed by atoms with Gasteiger partial charge >= 0.3 is 0 Å². The van der Waals surface area contributed by atoms with Crippen molar-refractivity contribution >= 4 is 0 Å². The van der Waals surface area contributed by atoms with Crippen LogP contribution in [0.5, 0.6) is 0 Å². The van der Waals surface area contributed by atoms with Crippen LogP contribution in [0, 0.1) is 17.3 Å². The predicted octanol–water partition coefficient (Wildman–Crippen LogP) is 4.48. The summed E-state index contributed by atoms with van der Waals surface area (Å²) < 4.78 is 0. The van der Waals surface area contributed by atoms with Crippen LogP contribution < -0.4 is 0 Å². The second-order valence-electron chi connectivity index (χ2n) is 7.44. The van der Waals surface area contributed by atoms with E-state index in [1.165, 1.54) is 57.3 Å². The van der Waals surface area contributed by atoms with E-state index in [2.05, 4.69) is 35.2 Å². The van der Waals surface area contributed by atoms with Crippen LogP contribution >= 0.6 is 0 Å². The van der Waals surface area contributed by atoms with Crippen molar-refractivity contribution in [1.82, 2.24) is 4.90 Å². The molecule has 0 N–H and O–H groups in total. The van der Waals surface area contributed by atoms with Crippen molar-refractivity contribution in [2.45, 2.75) is 51.5 Å². The molecule has 1 heteroatoms. The Labute approximate surface area is 123 Å². The van der Waals surface area contributed by atoms with Gasteiger partial charge in [-0.1, -0.05) is 49.6 Å². The first kappa shape index (κ1) is 12.9. The van der Waals surface area contributed by atoms with E-state index < -0.39 is 0 Å². The highest BCUT2D eigenvalue weighted by Gasteiger charge is 2.53. The van der Waals surface area contributed by atoms with Gasteiger partial charge in [0.2, 0.25) is 0 Å². The molecule has 0 radical (unpaired) electrons. The van der Waals surface area contributed by atoms with Crippen LogP contribution in [-0.2, 0) is 6.54 Å². The van der Waals surface area contributed by atoms with E-state index in [4.69, 9.17) is 0 Å². The van der Waals surface area contributed by atoms with Crippen LogP contribution in [0.25, 0.3) is 0 Å².